The number of hydrogen-bond donors (Lipinski definition) is 7. The van der Waals surface area contributed by atoms with Crippen LogP contribution < -0.4 is 10.6 Å². The molecule has 6 atom stereocenters. The van der Waals surface area contributed by atoms with Gasteiger partial charge in [-0.05, 0) is 52.2 Å². The lowest BCUT2D eigenvalue weighted by Gasteiger charge is -2.21. The molecule has 0 aromatic heterocycles. The highest BCUT2D eigenvalue weighted by Gasteiger charge is 2.21. The number of methoxy groups -OCH3 is 3. The molecule has 0 saturated carbocycles. The second-order valence-electron chi connectivity index (χ2n) is 13.5. The molecule has 22 heteroatoms. The van der Waals surface area contributed by atoms with E-state index in [-0.39, 0.29) is 100 Å². The topological polar surface area (TPSA) is 284 Å². The molecule has 0 saturated heterocycles. The average molecular weight is 925 g/mol. The number of aliphatic hydroxyl groups excluding tert-OH is 4. The minimum atomic E-state index is -1.06. The molecule has 0 aromatic carbocycles. The zero-order valence-corrected chi connectivity index (χ0v) is 39.2. The summed E-state index contributed by atoms with van der Waals surface area (Å²) in [5, 5.41) is 49.4. The number of rotatable bonds is 35. The van der Waals surface area contributed by atoms with Crippen molar-refractivity contribution in [3.8, 4) is 0 Å². The Morgan fingerprint density at radius 2 is 0.984 bits per heavy atom. The summed E-state index contributed by atoms with van der Waals surface area (Å²) in [5.41, 5.74) is 0. The highest BCUT2D eigenvalue weighted by Crippen LogP contribution is 2.36. The third-order valence-corrected chi connectivity index (χ3v) is 10.7. The normalized spacial score (nSPS) is 14.0. The Labute approximate surface area is 369 Å². The molecular formula is C39H76N2O18S2. The zero-order valence-electron chi connectivity index (χ0n) is 37.6. The molecule has 2 amide bonds. The fourth-order valence-corrected chi connectivity index (χ4v) is 6.48. The number of carbonyl (C=O) groups is 5. The van der Waals surface area contributed by atoms with Gasteiger partial charge in [0.2, 0.25) is 11.8 Å². The maximum absolute atomic E-state index is 11.9. The minimum absolute atomic E-state index is 0.0106. The summed E-state index contributed by atoms with van der Waals surface area (Å²) in [5.74, 6) is -2.46. The van der Waals surface area contributed by atoms with Crippen LogP contribution in [-0.4, -0.2) is 177 Å². The van der Waals surface area contributed by atoms with Crippen LogP contribution in [0.25, 0.3) is 0 Å². The van der Waals surface area contributed by atoms with Crippen molar-refractivity contribution in [2.75, 3.05) is 80.3 Å². The van der Waals surface area contributed by atoms with E-state index in [2.05, 4.69) is 24.5 Å². The van der Waals surface area contributed by atoms with Gasteiger partial charge >= 0.3 is 17.9 Å². The first kappa shape index (κ1) is 62.9. The number of amides is 2. The molecule has 20 nitrogen and oxygen atoms in total. The van der Waals surface area contributed by atoms with Gasteiger partial charge in [0.15, 0.2) is 18.9 Å². The van der Waals surface area contributed by atoms with Gasteiger partial charge in [0.25, 0.3) is 0 Å². The minimum Gasteiger partial charge on any atom is -0.481 e. The molecule has 0 aliphatic heterocycles. The van der Waals surface area contributed by atoms with Gasteiger partial charge in [-0.25, -0.2) is 0 Å². The molecule has 0 rings (SSSR count). The van der Waals surface area contributed by atoms with E-state index in [0.29, 0.717) is 45.2 Å². The molecule has 7 N–H and O–H groups in total. The summed E-state index contributed by atoms with van der Waals surface area (Å²) >= 11 is 0. The molecule has 0 fully saturated rings. The number of carboxylic acid groups (broad SMARTS) is 1. The molecule has 0 aliphatic rings. The molecule has 362 valence electrons. The Bertz CT molecular complexity index is 1100. The van der Waals surface area contributed by atoms with Crippen LogP contribution >= 0.6 is 21.6 Å². The van der Waals surface area contributed by atoms with Crippen LogP contribution in [-0.2, 0) is 61.9 Å². The standard InChI is InChI=1S/C21H40N2O7S2.C11H20O7.C7H16O4/c1-6-16(14-24)30-20(28-4)15-29-19(27)9-8-17(25)22-12-7-13-23-18(26)10-11-21(2,3)32-31-5;1-3-8(6-12)18-11(16-2)7-17-10(15)5-4-9(13)14;1-3-6(4-8)11-7(5-9)10-2/h16,20,24H,6-15H2,1-5H3,(H,22,25)(H,23,26);8,11-12H,3-7H2,1-2H3,(H,13,14);6-9H,3-5H2,1-2H3. The van der Waals surface area contributed by atoms with Gasteiger partial charge < -0.3 is 74.1 Å². The van der Waals surface area contributed by atoms with Crippen LogP contribution in [0.15, 0.2) is 0 Å². The Hall–Kier alpha value is -2.35. The third-order valence-electron chi connectivity index (χ3n) is 8.07. The van der Waals surface area contributed by atoms with E-state index in [4.69, 9.17) is 63.4 Å². The summed E-state index contributed by atoms with van der Waals surface area (Å²) in [4.78, 5) is 56.9. The van der Waals surface area contributed by atoms with Crippen molar-refractivity contribution in [3.63, 3.8) is 0 Å². The van der Waals surface area contributed by atoms with Gasteiger partial charge in [-0.1, -0.05) is 42.4 Å². The van der Waals surface area contributed by atoms with Crippen LogP contribution in [0, 0.1) is 0 Å². The van der Waals surface area contributed by atoms with Gasteiger partial charge in [-0.15, -0.1) is 0 Å². The van der Waals surface area contributed by atoms with Crippen molar-refractivity contribution in [3.05, 3.63) is 0 Å². The van der Waals surface area contributed by atoms with Crippen molar-refractivity contribution in [1.29, 1.82) is 0 Å². The summed E-state index contributed by atoms with van der Waals surface area (Å²) in [6.07, 6.45) is 2.15. The van der Waals surface area contributed by atoms with Crippen LogP contribution in [0.2, 0.25) is 0 Å². The third kappa shape index (κ3) is 39.0. The van der Waals surface area contributed by atoms with Gasteiger partial charge in [0, 0.05) is 52.0 Å². The maximum atomic E-state index is 11.9. The number of aliphatic hydroxyl groups is 4. The van der Waals surface area contributed by atoms with E-state index in [1.807, 2.05) is 27.0 Å². The number of hydrogen-bond acceptors (Lipinski definition) is 19. The molecule has 0 radical (unpaired) electrons. The van der Waals surface area contributed by atoms with E-state index in [1.165, 1.54) is 21.3 Å². The van der Waals surface area contributed by atoms with Crippen molar-refractivity contribution < 1.29 is 87.4 Å². The Morgan fingerprint density at radius 1 is 0.590 bits per heavy atom. The lowest BCUT2D eigenvalue weighted by atomic mass is 10.1. The summed E-state index contributed by atoms with van der Waals surface area (Å²) < 4.78 is 40.6. The smallest absolute Gasteiger partial charge is 0.306 e. The van der Waals surface area contributed by atoms with E-state index < -0.39 is 36.8 Å². The van der Waals surface area contributed by atoms with E-state index in [1.54, 1.807) is 21.6 Å². The first-order valence-corrected chi connectivity index (χ1v) is 22.8. The van der Waals surface area contributed by atoms with Crippen molar-refractivity contribution in [2.45, 2.75) is 141 Å². The van der Waals surface area contributed by atoms with E-state index >= 15 is 0 Å². The number of aliphatic carboxylic acids is 1. The van der Waals surface area contributed by atoms with Crippen LogP contribution in [0.3, 0.4) is 0 Å². The van der Waals surface area contributed by atoms with Crippen molar-refractivity contribution in [2.24, 2.45) is 0 Å². The second kappa shape index (κ2) is 41.6. The average Bonchev–Trinajstić information content (AvgIpc) is 3.25. The number of esters is 2. The molecule has 0 heterocycles. The van der Waals surface area contributed by atoms with Crippen molar-refractivity contribution in [1.82, 2.24) is 10.6 Å². The molecule has 0 spiro atoms. The predicted octanol–water partition coefficient (Wildman–Crippen LogP) is 2.16. The molecule has 0 aromatic rings. The molecule has 0 aliphatic carbocycles. The molecule has 0 bridgehead atoms. The van der Waals surface area contributed by atoms with Gasteiger partial charge in [0.05, 0.1) is 64.0 Å². The summed E-state index contributed by atoms with van der Waals surface area (Å²) in [6, 6.07) is 0. The van der Waals surface area contributed by atoms with E-state index in [9.17, 15) is 24.0 Å². The van der Waals surface area contributed by atoms with Crippen LogP contribution in [0.5, 0.6) is 0 Å². The van der Waals surface area contributed by atoms with Gasteiger partial charge in [-0.2, -0.15) is 0 Å². The first-order valence-electron chi connectivity index (χ1n) is 20.2. The Kier molecular flexibility index (Phi) is 43.0. The monoisotopic (exact) mass is 924 g/mol. The fourth-order valence-electron chi connectivity index (χ4n) is 4.24. The van der Waals surface area contributed by atoms with Crippen molar-refractivity contribution >= 4 is 51.3 Å². The molecule has 61 heavy (non-hydrogen) atoms. The Balaban J connectivity index is -0.000000965. The quantitative estimate of drug-likeness (QED) is 0.0207. The summed E-state index contributed by atoms with van der Waals surface area (Å²) in [6.45, 7) is 9.97. The van der Waals surface area contributed by atoms with Crippen LogP contribution in [0.4, 0.5) is 0 Å². The highest BCUT2D eigenvalue weighted by atomic mass is 33.1. The van der Waals surface area contributed by atoms with E-state index in [0.717, 1.165) is 6.42 Å². The predicted molar refractivity (Wildman–Crippen MR) is 229 cm³/mol. The Morgan fingerprint density at radius 3 is 1.33 bits per heavy atom. The summed E-state index contributed by atoms with van der Waals surface area (Å²) in [7, 11) is 7.72. The number of carbonyl (C=O) groups excluding carboxylic acids is 4. The number of carboxylic acids is 1. The maximum Gasteiger partial charge on any atom is 0.306 e. The second-order valence-corrected chi connectivity index (χ2v) is 16.7. The SMILES string of the molecule is CCC(CO)OC(CO)OC.CCC(CO)OC(COC(=O)CCC(=O)NCCCNC(=O)CCC(C)(C)SSC)OC.CCC(CO)OC(COC(=O)CCC(=O)O)OC. The largest absolute Gasteiger partial charge is 0.481 e. The van der Waals surface area contributed by atoms with Crippen LogP contribution in [0.1, 0.15) is 98.8 Å². The fraction of sp³-hybridized carbons (Fsp3) is 0.872. The first-order chi connectivity index (χ1) is 29.0. The lowest BCUT2D eigenvalue weighted by Crippen LogP contribution is -2.31. The zero-order chi connectivity index (χ0) is 47.1. The number of ether oxygens (including phenoxy) is 8. The van der Waals surface area contributed by atoms with Gasteiger partial charge in [0.1, 0.15) is 13.2 Å². The molecular weight excluding hydrogens is 849 g/mol. The highest BCUT2D eigenvalue weighted by molar-refractivity contribution is 8.76. The molecule has 6 unspecified atom stereocenters. The number of nitrogens with one attached hydrogen (secondary N) is 2. The van der Waals surface area contributed by atoms with Gasteiger partial charge in [-0.3, -0.25) is 24.0 Å². The lowest BCUT2D eigenvalue weighted by molar-refractivity contribution is -0.195.